The van der Waals surface area contributed by atoms with E-state index in [4.69, 9.17) is 10.5 Å². The van der Waals surface area contributed by atoms with Gasteiger partial charge in [-0.15, -0.1) is 11.3 Å². The topological polar surface area (TPSA) is 145 Å². The van der Waals surface area contributed by atoms with Gasteiger partial charge >= 0.3 is 5.97 Å². The molecule has 0 radical (unpaired) electrons. The number of amides is 2. The molecule has 0 spiro atoms. The first kappa shape index (κ1) is 21.5. The Bertz CT molecular complexity index is 1010. The van der Waals surface area contributed by atoms with Gasteiger partial charge in [0.1, 0.15) is 11.5 Å². The van der Waals surface area contributed by atoms with Gasteiger partial charge in [0.2, 0.25) is 10.0 Å². The van der Waals surface area contributed by atoms with Gasteiger partial charge in [0.05, 0.1) is 10.5 Å². The van der Waals surface area contributed by atoms with Crippen molar-refractivity contribution in [3.63, 3.8) is 0 Å². The number of carbonyl (C=O) groups is 3. The quantitative estimate of drug-likeness (QED) is 0.537. The molecule has 0 aliphatic heterocycles. The maximum absolute atomic E-state index is 12.2. The highest BCUT2D eigenvalue weighted by Crippen LogP contribution is 2.22. The molecule has 9 nitrogen and oxygen atoms in total. The molecule has 28 heavy (non-hydrogen) atoms. The van der Waals surface area contributed by atoms with Crippen molar-refractivity contribution in [2.45, 2.75) is 18.7 Å². The van der Waals surface area contributed by atoms with Crippen molar-refractivity contribution < 1.29 is 27.5 Å². The number of benzene rings is 1. The number of ether oxygens (including phenoxy) is 1. The lowest BCUT2D eigenvalue weighted by Gasteiger charge is -2.09. The molecule has 0 aliphatic carbocycles. The first-order chi connectivity index (χ1) is 13.1. The van der Waals surface area contributed by atoms with Gasteiger partial charge in [0.15, 0.2) is 6.61 Å². The van der Waals surface area contributed by atoms with E-state index in [0.29, 0.717) is 0 Å². The number of anilines is 1. The summed E-state index contributed by atoms with van der Waals surface area (Å²) in [6.07, 6.45) is 0. The van der Waals surface area contributed by atoms with Crippen molar-refractivity contribution in [2.24, 2.45) is 5.73 Å². The number of aryl methyl sites for hydroxylation is 2. The summed E-state index contributed by atoms with van der Waals surface area (Å²) in [7, 11) is -3.89. The molecule has 0 saturated carbocycles. The van der Waals surface area contributed by atoms with E-state index in [0.717, 1.165) is 22.5 Å². The number of nitrogens with one attached hydrogen (secondary N) is 2. The van der Waals surface area contributed by atoms with Crippen LogP contribution in [0.25, 0.3) is 0 Å². The van der Waals surface area contributed by atoms with Gasteiger partial charge in [-0.3, -0.25) is 14.4 Å². The Kier molecular flexibility index (Phi) is 6.89. The summed E-state index contributed by atoms with van der Waals surface area (Å²) in [5.74, 6) is -2.31. The van der Waals surface area contributed by atoms with E-state index in [1.165, 1.54) is 18.2 Å². The third-order valence-electron chi connectivity index (χ3n) is 3.74. The monoisotopic (exact) mass is 425 g/mol. The van der Waals surface area contributed by atoms with Crippen molar-refractivity contribution in [1.29, 1.82) is 0 Å². The minimum atomic E-state index is -3.89. The number of carbonyl (C=O) groups excluding carboxylic acids is 3. The molecular weight excluding hydrogens is 406 g/mol. The van der Waals surface area contributed by atoms with E-state index in [1.54, 1.807) is 18.4 Å². The summed E-state index contributed by atoms with van der Waals surface area (Å²) in [6.45, 7) is 2.36. The van der Waals surface area contributed by atoms with Crippen LogP contribution in [0.1, 0.15) is 21.5 Å². The Morgan fingerprint density at radius 1 is 1.14 bits per heavy atom. The predicted octanol–water partition coefficient (Wildman–Crippen LogP) is 0.924. The van der Waals surface area contributed by atoms with Crippen LogP contribution >= 0.6 is 11.3 Å². The van der Waals surface area contributed by atoms with Crippen molar-refractivity contribution in [3.8, 4) is 0 Å². The lowest BCUT2D eigenvalue weighted by Crippen LogP contribution is -2.32. The van der Waals surface area contributed by atoms with Crippen molar-refractivity contribution in [2.75, 3.05) is 18.5 Å². The summed E-state index contributed by atoms with van der Waals surface area (Å²) in [6, 6.07) is 6.04. The van der Waals surface area contributed by atoms with Crippen molar-refractivity contribution >= 4 is 44.1 Å². The second kappa shape index (κ2) is 8.95. The molecule has 0 unspecified atom stereocenters. The van der Waals surface area contributed by atoms with Gasteiger partial charge in [0.25, 0.3) is 11.8 Å². The van der Waals surface area contributed by atoms with E-state index >= 15 is 0 Å². The normalized spacial score (nSPS) is 11.1. The van der Waals surface area contributed by atoms with Crippen LogP contribution in [0.3, 0.4) is 0 Å². The minimum absolute atomic E-state index is 0.0258. The summed E-state index contributed by atoms with van der Waals surface area (Å²) >= 11 is 1.09. The molecule has 2 aromatic rings. The van der Waals surface area contributed by atoms with Gasteiger partial charge < -0.3 is 15.8 Å². The Labute approximate surface area is 165 Å². The number of esters is 1. The van der Waals surface area contributed by atoms with E-state index in [9.17, 15) is 22.8 Å². The van der Waals surface area contributed by atoms with Crippen LogP contribution in [-0.2, 0) is 24.3 Å². The van der Waals surface area contributed by atoms with Gasteiger partial charge in [0, 0.05) is 0 Å². The molecule has 0 saturated heterocycles. The Morgan fingerprint density at radius 2 is 1.86 bits per heavy atom. The van der Waals surface area contributed by atoms with Crippen LogP contribution in [0.4, 0.5) is 5.00 Å². The molecule has 11 heteroatoms. The zero-order valence-electron chi connectivity index (χ0n) is 15.1. The highest BCUT2D eigenvalue weighted by Gasteiger charge is 2.18. The molecule has 1 aromatic carbocycles. The summed E-state index contributed by atoms with van der Waals surface area (Å²) in [5, 5.41) is 4.21. The molecule has 4 N–H and O–H groups in total. The van der Waals surface area contributed by atoms with Gasteiger partial charge in [-0.2, -0.15) is 4.72 Å². The zero-order chi connectivity index (χ0) is 20.9. The number of nitrogens with two attached hydrogens (primary N) is 1. The fourth-order valence-electron chi connectivity index (χ4n) is 2.08. The second-order valence-corrected chi connectivity index (χ2v) is 8.49. The third-order valence-corrected chi connectivity index (χ3v) is 5.97. The highest BCUT2D eigenvalue weighted by atomic mass is 32.2. The Hall–Kier alpha value is -2.76. The molecular formula is C17H19N3O6S2. The Morgan fingerprint density at radius 3 is 2.50 bits per heavy atom. The van der Waals surface area contributed by atoms with Crippen LogP contribution < -0.4 is 15.8 Å². The molecule has 0 aliphatic rings. The molecule has 150 valence electrons. The van der Waals surface area contributed by atoms with Crippen LogP contribution in [0.15, 0.2) is 34.5 Å². The van der Waals surface area contributed by atoms with E-state index in [1.807, 2.05) is 6.92 Å². The zero-order valence-corrected chi connectivity index (χ0v) is 16.8. The van der Waals surface area contributed by atoms with Crippen LogP contribution in [0, 0.1) is 13.8 Å². The van der Waals surface area contributed by atoms with Gasteiger partial charge in [-0.25, -0.2) is 8.42 Å². The van der Waals surface area contributed by atoms with E-state index < -0.39 is 41.0 Å². The van der Waals surface area contributed by atoms with Crippen LogP contribution in [-0.4, -0.2) is 39.4 Å². The predicted molar refractivity (Wildman–Crippen MR) is 104 cm³/mol. The largest absolute Gasteiger partial charge is 0.455 e. The molecule has 0 bridgehead atoms. The maximum atomic E-state index is 12.2. The fraction of sp³-hybridized carbons (Fsp3) is 0.235. The fourth-order valence-corrected chi connectivity index (χ4v) is 3.94. The third kappa shape index (κ3) is 5.62. The number of thiophene rings is 1. The maximum Gasteiger partial charge on any atom is 0.321 e. The lowest BCUT2D eigenvalue weighted by molar-refractivity contribution is -0.146. The highest BCUT2D eigenvalue weighted by molar-refractivity contribution is 7.89. The average molecular weight is 425 g/mol. The number of hydrogen-bond acceptors (Lipinski definition) is 7. The summed E-state index contributed by atoms with van der Waals surface area (Å²) < 4.78 is 31.3. The Balaban J connectivity index is 1.85. The SMILES string of the molecule is Cc1ccc(S(=O)(=O)NCC(=O)OCC(=O)Nc2sccc2C(N)=O)cc1C. The van der Waals surface area contributed by atoms with Crippen molar-refractivity contribution in [3.05, 3.63) is 46.3 Å². The number of hydrogen-bond donors (Lipinski definition) is 3. The molecule has 2 rings (SSSR count). The van der Waals surface area contributed by atoms with E-state index in [2.05, 4.69) is 10.0 Å². The first-order valence-corrected chi connectivity index (χ1v) is 10.4. The van der Waals surface area contributed by atoms with Gasteiger partial charge in [-0.05, 0) is 48.6 Å². The number of primary amides is 1. The molecule has 0 atom stereocenters. The summed E-state index contributed by atoms with van der Waals surface area (Å²) in [5.41, 5.74) is 7.05. The molecule has 1 aromatic heterocycles. The van der Waals surface area contributed by atoms with Crippen molar-refractivity contribution in [1.82, 2.24) is 4.72 Å². The van der Waals surface area contributed by atoms with Crippen LogP contribution in [0.2, 0.25) is 0 Å². The number of sulfonamides is 1. The van der Waals surface area contributed by atoms with E-state index in [-0.39, 0.29) is 15.5 Å². The number of rotatable bonds is 8. The summed E-state index contributed by atoms with van der Waals surface area (Å²) in [4.78, 5) is 34.8. The molecule has 1 heterocycles. The van der Waals surface area contributed by atoms with Crippen LogP contribution in [0.5, 0.6) is 0 Å². The smallest absolute Gasteiger partial charge is 0.321 e. The lowest BCUT2D eigenvalue weighted by atomic mass is 10.1. The standard InChI is InChI=1S/C17H19N3O6S2/c1-10-3-4-12(7-11(10)2)28(24,25)19-8-15(22)26-9-14(21)20-17-13(16(18)23)5-6-27-17/h3-7,19H,8-9H2,1-2H3,(H2,18,23)(H,20,21). The first-order valence-electron chi connectivity index (χ1n) is 8.00. The second-order valence-electron chi connectivity index (χ2n) is 5.81. The average Bonchev–Trinajstić information content (AvgIpc) is 3.09. The molecule has 2 amide bonds. The molecule has 0 fully saturated rings. The van der Waals surface area contributed by atoms with Gasteiger partial charge in [-0.1, -0.05) is 6.07 Å². The minimum Gasteiger partial charge on any atom is -0.455 e.